The Morgan fingerprint density at radius 2 is 1.87 bits per heavy atom. The van der Waals surface area contributed by atoms with Crippen molar-refractivity contribution in [2.24, 2.45) is 0 Å². The van der Waals surface area contributed by atoms with Crippen molar-refractivity contribution in [1.82, 2.24) is 21.0 Å². The zero-order valence-electron chi connectivity index (χ0n) is 17.4. The molecule has 9 heteroatoms. The fraction of sp³-hybridized carbons (Fsp3) is 0.273. The second kappa shape index (κ2) is 10.1. The number of carbonyl (C=O) groups excluding carboxylic acids is 2. The van der Waals surface area contributed by atoms with Crippen molar-refractivity contribution in [2.45, 2.75) is 39.7 Å². The molecule has 0 aliphatic heterocycles. The van der Waals surface area contributed by atoms with Crippen LogP contribution in [-0.4, -0.2) is 28.1 Å². The smallest absolute Gasteiger partial charge is 0.279 e. The van der Waals surface area contributed by atoms with Gasteiger partial charge in [0.25, 0.3) is 5.91 Å². The van der Waals surface area contributed by atoms with Crippen LogP contribution in [0.5, 0.6) is 5.75 Å². The second-order valence-electron chi connectivity index (χ2n) is 7.01. The summed E-state index contributed by atoms with van der Waals surface area (Å²) in [6.45, 7) is 5.50. The van der Waals surface area contributed by atoms with Gasteiger partial charge in [-0.15, -0.1) is 0 Å². The first kappa shape index (κ1) is 22.3. The Balaban J connectivity index is 1.44. The van der Waals surface area contributed by atoms with Crippen LogP contribution in [0, 0.1) is 13.8 Å². The number of ether oxygens (including phenoxy) is 1. The highest BCUT2D eigenvalue weighted by Gasteiger charge is 2.17. The fourth-order valence-corrected chi connectivity index (χ4v) is 2.81. The number of hydrogen-bond donors (Lipinski definition) is 2. The third-order valence-electron chi connectivity index (χ3n) is 4.69. The zero-order chi connectivity index (χ0) is 22.4. The summed E-state index contributed by atoms with van der Waals surface area (Å²) in [5.74, 6) is 0.508. The van der Waals surface area contributed by atoms with Crippen LogP contribution in [0.25, 0.3) is 11.4 Å². The van der Waals surface area contributed by atoms with E-state index in [9.17, 15) is 9.59 Å². The summed E-state index contributed by atoms with van der Waals surface area (Å²) in [7, 11) is 0. The Hall–Kier alpha value is -3.39. The lowest BCUT2D eigenvalue weighted by Crippen LogP contribution is -2.47. The molecule has 0 radical (unpaired) electrons. The Labute approximate surface area is 184 Å². The van der Waals surface area contributed by atoms with Gasteiger partial charge in [0.2, 0.25) is 17.6 Å². The molecule has 0 saturated heterocycles. The van der Waals surface area contributed by atoms with Crippen LogP contribution in [-0.2, 0) is 16.0 Å². The van der Waals surface area contributed by atoms with Crippen molar-refractivity contribution >= 4 is 23.4 Å². The van der Waals surface area contributed by atoms with Crippen LogP contribution in [0.4, 0.5) is 0 Å². The molecule has 2 N–H and O–H groups in total. The Morgan fingerprint density at radius 1 is 1.13 bits per heavy atom. The minimum absolute atomic E-state index is 0.0642. The zero-order valence-corrected chi connectivity index (χ0v) is 18.2. The van der Waals surface area contributed by atoms with Crippen LogP contribution < -0.4 is 15.6 Å². The van der Waals surface area contributed by atoms with E-state index in [0.29, 0.717) is 22.5 Å². The van der Waals surface area contributed by atoms with Crippen LogP contribution in [0.15, 0.2) is 47.0 Å². The molecule has 0 aliphatic rings. The number of nitrogens with one attached hydrogen (secondary N) is 2. The van der Waals surface area contributed by atoms with Gasteiger partial charge < -0.3 is 9.26 Å². The summed E-state index contributed by atoms with van der Waals surface area (Å²) in [4.78, 5) is 28.5. The number of benzene rings is 2. The first-order valence-electron chi connectivity index (χ1n) is 9.73. The Bertz CT molecular complexity index is 1070. The number of aromatic nitrogens is 2. The molecule has 2 amide bonds. The Morgan fingerprint density at radius 3 is 2.61 bits per heavy atom. The fourth-order valence-electron chi connectivity index (χ4n) is 2.68. The number of nitrogens with zero attached hydrogens (tertiary/aromatic N) is 2. The third kappa shape index (κ3) is 6.05. The van der Waals surface area contributed by atoms with Crippen LogP contribution in [0.1, 0.15) is 30.4 Å². The Kier molecular flexibility index (Phi) is 7.25. The molecule has 1 unspecified atom stereocenters. The van der Waals surface area contributed by atoms with Crippen molar-refractivity contribution in [1.29, 1.82) is 0 Å². The monoisotopic (exact) mass is 442 g/mol. The highest BCUT2D eigenvalue weighted by Crippen LogP contribution is 2.22. The van der Waals surface area contributed by atoms with Crippen LogP contribution in [0.2, 0.25) is 5.02 Å². The SMILES string of the molecule is Cc1cccc(OC(C)C(=O)NNC(=O)CCc2nc(-c3ccc(Cl)cc3)no2)c1C. The lowest BCUT2D eigenvalue weighted by atomic mass is 10.1. The topological polar surface area (TPSA) is 106 Å². The number of hydrazine groups is 1. The second-order valence-corrected chi connectivity index (χ2v) is 7.45. The molecule has 2 aromatic carbocycles. The van der Waals surface area contributed by atoms with Gasteiger partial charge in [0.1, 0.15) is 5.75 Å². The van der Waals surface area contributed by atoms with Gasteiger partial charge in [0, 0.05) is 23.4 Å². The average Bonchev–Trinajstić information content (AvgIpc) is 3.23. The summed E-state index contributed by atoms with van der Waals surface area (Å²) < 4.78 is 10.9. The quantitative estimate of drug-likeness (QED) is 0.542. The van der Waals surface area contributed by atoms with Gasteiger partial charge in [-0.1, -0.05) is 28.9 Å². The minimum atomic E-state index is -0.779. The van der Waals surface area contributed by atoms with Crippen molar-refractivity contribution in [2.75, 3.05) is 0 Å². The van der Waals surface area contributed by atoms with E-state index in [2.05, 4.69) is 21.0 Å². The summed E-state index contributed by atoms with van der Waals surface area (Å²) >= 11 is 5.87. The molecule has 1 heterocycles. The predicted octanol–water partition coefficient (Wildman–Crippen LogP) is 3.55. The minimum Gasteiger partial charge on any atom is -0.481 e. The molecule has 162 valence electrons. The van der Waals surface area contributed by atoms with Gasteiger partial charge in [-0.05, 0) is 62.2 Å². The van der Waals surface area contributed by atoms with E-state index in [4.69, 9.17) is 20.9 Å². The van der Waals surface area contributed by atoms with Crippen molar-refractivity contribution in [3.63, 3.8) is 0 Å². The normalized spacial score (nSPS) is 11.6. The molecule has 0 fully saturated rings. The summed E-state index contributed by atoms with van der Waals surface area (Å²) in [6, 6.07) is 12.6. The van der Waals surface area contributed by atoms with Gasteiger partial charge in [0.15, 0.2) is 6.10 Å². The van der Waals surface area contributed by atoms with Gasteiger partial charge in [0.05, 0.1) is 0 Å². The summed E-state index contributed by atoms with van der Waals surface area (Å²) in [5, 5.41) is 4.51. The van der Waals surface area contributed by atoms with E-state index in [1.807, 2.05) is 26.0 Å². The van der Waals surface area contributed by atoms with E-state index in [1.54, 1.807) is 37.3 Å². The number of halogens is 1. The van der Waals surface area contributed by atoms with E-state index >= 15 is 0 Å². The average molecular weight is 443 g/mol. The molecule has 31 heavy (non-hydrogen) atoms. The van der Waals surface area contributed by atoms with Gasteiger partial charge >= 0.3 is 0 Å². The lowest BCUT2D eigenvalue weighted by Gasteiger charge is -2.17. The lowest BCUT2D eigenvalue weighted by molar-refractivity contribution is -0.132. The van der Waals surface area contributed by atoms with Gasteiger partial charge in [-0.3, -0.25) is 20.4 Å². The highest BCUT2D eigenvalue weighted by atomic mass is 35.5. The number of rotatable bonds is 7. The van der Waals surface area contributed by atoms with Gasteiger partial charge in [-0.2, -0.15) is 4.98 Å². The molecule has 0 aliphatic carbocycles. The molecule has 0 bridgehead atoms. The number of carbonyl (C=O) groups is 2. The van der Waals surface area contributed by atoms with Crippen molar-refractivity contribution in [3.8, 4) is 17.1 Å². The molecule has 3 aromatic rings. The first-order chi connectivity index (χ1) is 14.8. The molecular formula is C22H23ClN4O4. The van der Waals surface area contributed by atoms with E-state index in [0.717, 1.165) is 16.7 Å². The maximum Gasteiger partial charge on any atom is 0.279 e. The molecule has 8 nitrogen and oxygen atoms in total. The van der Waals surface area contributed by atoms with E-state index in [-0.39, 0.29) is 12.8 Å². The first-order valence-corrected chi connectivity index (χ1v) is 10.1. The molecule has 1 aromatic heterocycles. The van der Waals surface area contributed by atoms with Crippen molar-refractivity contribution < 1.29 is 18.8 Å². The molecule has 3 rings (SSSR count). The number of hydrogen-bond acceptors (Lipinski definition) is 6. The standard InChI is InChI=1S/C22H23ClN4O4/c1-13-5-4-6-18(14(13)2)30-15(3)22(29)26-25-19(28)11-12-20-24-21(27-31-20)16-7-9-17(23)10-8-16/h4-10,15H,11-12H2,1-3H3,(H,25,28)(H,26,29). The molecule has 1 atom stereocenters. The summed E-state index contributed by atoms with van der Waals surface area (Å²) in [5.41, 5.74) is 7.52. The van der Waals surface area contributed by atoms with Gasteiger partial charge in [-0.25, -0.2) is 0 Å². The maximum absolute atomic E-state index is 12.2. The predicted molar refractivity (Wildman–Crippen MR) is 115 cm³/mol. The van der Waals surface area contributed by atoms with E-state index < -0.39 is 17.9 Å². The molecule has 0 spiro atoms. The van der Waals surface area contributed by atoms with Crippen molar-refractivity contribution in [3.05, 3.63) is 64.5 Å². The number of amides is 2. The molecule has 0 saturated carbocycles. The molecular weight excluding hydrogens is 420 g/mol. The highest BCUT2D eigenvalue weighted by molar-refractivity contribution is 6.30. The summed E-state index contributed by atoms with van der Waals surface area (Å²) in [6.07, 6.45) is -0.482. The maximum atomic E-state index is 12.2. The number of aryl methyl sites for hydroxylation is 2. The van der Waals surface area contributed by atoms with Crippen LogP contribution in [0.3, 0.4) is 0 Å². The third-order valence-corrected chi connectivity index (χ3v) is 4.94. The largest absolute Gasteiger partial charge is 0.481 e. The van der Waals surface area contributed by atoms with E-state index in [1.165, 1.54) is 0 Å². The van der Waals surface area contributed by atoms with Crippen LogP contribution >= 0.6 is 11.6 Å².